The Bertz CT molecular complexity index is 690. The van der Waals surface area contributed by atoms with Crippen molar-refractivity contribution in [3.63, 3.8) is 0 Å². The van der Waals surface area contributed by atoms with Gasteiger partial charge in [-0.05, 0) is 30.6 Å². The standard InChI is InChI=1S/C20H26O4/c1-5-18(4)10-12-13-9-14-17(2,3)7-6-8-19(14,16(22)24-13)20(12,23)15(21)11-18/h5,10,13-14,23H,1,6-9,11H2,2-4H3. The Morgan fingerprint density at radius 1 is 1.29 bits per heavy atom. The van der Waals surface area contributed by atoms with Crippen LogP contribution in [0.2, 0.25) is 0 Å². The molecule has 1 N–H and O–H groups in total. The molecule has 1 spiro atoms. The topological polar surface area (TPSA) is 63.6 Å². The Kier molecular flexibility index (Phi) is 2.95. The minimum absolute atomic E-state index is 0.0239. The summed E-state index contributed by atoms with van der Waals surface area (Å²) in [7, 11) is 0. The van der Waals surface area contributed by atoms with Crippen LogP contribution in [-0.4, -0.2) is 28.6 Å². The number of carbonyl (C=O) groups excluding carboxylic acids is 2. The Morgan fingerprint density at radius 3 is 2.67 bits per heavy atom. The Hall–Kier alpha value is -1.42. The third kappa shape index (κ3) is 1.58. The fraction of sp³-hybridized carbons (Fsp3) is 0.700. The second-order valence-electron chi connectivity index (χ2n) is 9.12. The van der Waals surface area contributed by atoms with Gasteiger partial charge in [0.25, 0.3) is 0 Å². The quantitative estimate of drug-likeness (QED) is 0.593. The Labute approximate surface area is 143 Å². The van der Waals surface area contributed by atoms with Crippen molar-refractivity contribution in [2.24, 2.45) is 22.2 Å². The maximum absolute atomic E-state index is 13.2. The Balaban J connectivity index is 1.98. The van der Waals surface area contributed by atoms with E-state index in [-0.39, 0.29) is 29.5 Å². The highest BCUT2D eigenvalue weighted by atomic mass is 16.6. The van der Waals surface area contributed by atoms with Crippen LogP contribution in [0.1, 0.15) is 52.9 Å². The zero-order valence-electron chi connectivity index (χ0n) is 14.7. The molecule has 4 fully saturated rings. The van der Waals surface area contributed by atoms with E-state index in [1.807, 2.05) is 13.0 Å². The van der Waals surface area contributed by atoms with Crippen LogP contribution in [0.25, 0.3) is 0 Å². The number of rotatable bonds is 1. The lowest BCUT2D eigenvalue weighted by Gasteiger charge is -2.66. The molecule has 24 heavy (non-hydrogen) atoms. The van der Waals surface area contributed by atoms with Gasteiger partial charge in [-0.2, -0.15) is 0 Å². The molecule has 2 saturated heterocycles. The summed E-state index contributed by atoms with van der Waals surface area (Å²) in [6.07, 6.45) is 6.45. The molecule has 2 aliphatic heterocycles. The normalized spacial score (nSPS) is 48.9. The van der Waals surface area contributed by atoms with Gasteiger partial charge in [0.1, 0.15) is 11.5 Å². The monoisotopic (exact) mass is 330 g/mol. The predicted octanol–water partition coefficient (Wildman–Crippen LogP) is 2.95. The lowest BCUT2D eigenvalue weighted by Crippen LogP contribution is -2.75. The van der Waals surface area contributed by atoms with E-state index in [0.717, 1.165) is 12.8 Å². The van der Waals surface area contributed by atoms with Crippen molar-refractivity contribution in [1.82, 2.24) is 0 Å². The van der Waals surface area contributed by atoms with Gasteiger partial charge < -0.3 is 9.84 Å². The number of ketones is 1. The molecule has 2 saturated carbocycles. The third-order valence-electron chi connectivity index (χ3n) is 7.30. The molecule has 5 aliphatic rings. The number of Topliss-reactive ketones (excluding diaryl/α,β-unsaturated/α-hetero) is 1. The fourth-order valence-corrected chi connectivity index (χ4v) is 5.98. The third-order valence-corrected chi connectivity index (χ3v) is 7.30. The van der Waals surface area contributed by atoms with E-state index in [0.29, 0.717) is 18.4 Å². The number of hydrogen-bond donors (Lipinski definition) is 1. The summed E-state index contributed by atoms with van der Waals surface area (Å²) in [4.78, 5) is 26.1. The van der Waals surface area contributed by atoms with Gasteiger partial charge in [0, 0.05) is 17.4 Å². The molecule has 0 aromatic rings. The zero-order valence-corrected chi connectivity index (χ0v) is 14.7. The van der Waals surface area contributed by atoms with Gasteiger partial charge in [-0.15, -0.1) is 6.58 Å². The molecule has 2 heterocycles. The maximum Gasteiger partial charge on any atom is 0.316 e. The Morgan fingerprint density at radius 2 is 2.00 bits per heavy atom. The van der Waals surface area contributed by atoms with Gasteiger partial charge in [0.05, 0.1) is 0 Å². The van der Waals surface area contributed by atoms with E-state index in [4.69, 9.17) is 4.74 Å². The fourth-order valence-electron chi connectivity index (χ4n) is 5.98. The van der Waals surface area contributed by atoms with Crippen LogP contribution in [0.5, 0.6) is 0 Å². The summed E-state index contributed by atoms with van der Waals surface area (Å²) in [5.41, 5.74) is -2.78. The van der Waals surface area contributed by atoms with Gasteiger partial charge in [0.2, 0.25) is 0 Å². The molecule has 130 valence electrons. The number of esters is 1. The SMILES string of the molecule is C=CC1(C)C=C2C3CC4C(C)(C)CCCC4(C(=O)O3)C2(O)C(=O)C1. The highest BCUT2D eigenvalue weighted by Gasteiger charge is 2.76. The van der Waals surface area contributed by atoms with Crippen molar-refractivity contribution in [3.8, 4) is 0 Å². The first-order valence-electron chi connectivity index (χ1n) is 8.94. The van der Waals surface area contributed by atoms with Crippen molar-refractivity contribution in [2.45, 2.75) is 64.6 Å². The minimum Gasteiger partial charge on any atom is -0.457 e. The number of fused-ring (bicyclic) bond motifs is 1. The van der Waals surface area contributed by atoms with Crippen LogP contribution in [0, 0.1) is 22.2 Å². The molecule has 0 aromatic carbocycles. The molecule has 4 nitrogen and oxygen atoms in total. The van der Waals surface area contributed by atoms with E-state index in [2.05, 4.69) is 20.4 Å². The van der Waals surface area contributed by atoms with Crippen molar-refractivity contribution in [2.75, 3.05) is 0 Å². The first-order chi connectivity index (χ1) is 11.1. The molecule has 2 bridgehead atoms. The number of hydrogen-bond acceptors (Lipinski definition) is 4. The molecular formula is C20H26O4. The maximum atomic E-state index is 13.2. The second kappa shape index (κ2) is 4.40. The molecule has 3 aliphatic carbocycles. The van der Waals surface area contributed by atoms with Crippen molar-refractivity contribution < 1.29 is 19.4 Å². The van der Waals surface area contributed by atoms with Gasteiger partial charge in [-0.3, -0.25) is 9.59 Å². The van der Waals surface area contributed by atoms with Gasteiger partial charge in [0.15, 0.2) is 11.4 Å². The van der Waals surface area contributed by atoms with Gasteiger partial charge in [-0.25, -0.2) is 0 Å². The highest BCUT2D eigenvalue weighted by Crippen LogP contribution is 2.68. The lowest BCUT2D eigenvalue weighted by atomic mass is 9.41. The summed E-state index contributed by atoms with van der Waals surface area (Å²) in [6.45, 7) is 10.1. The summed E-state index contributed by atoms with van der Waals surface area (Å²) in [5, 5.41) is 11.7. The van der Waals surface area contributed by atoms with Crippen LogP contribution in [-0.2, 0) is 14.3 Å². The van der Waals surface area contributed by atoms with E-state index in [1.54, 1.807) is 6.08 Å². The molecule has 5 atom stereocenters. The second-order valence-corrected chi connectivity index (χ2v) is 9.12. The van der Waals surface area contributed by atoms with Crippen molar-refractivity contribution in [1.29, 1.82) is 0 Å². The molecule has 4 heteroatoms. The van der Waals surface area contributed by atoms with Gasteiger partial charge >= 0.3 is 5.97 Å². The molecule has 5 rings (SSSR count). The average molecular weight is 330 g/mol. The van der Waals surface area contributed by atoms with Crippen molar-refractivity contribution in [3.05, 3.63) is 24.3 Å². The summed E-state index contributed by atoms with van der Waals surface area (Å²) in [6, 6.07) is 0. The zero-order chi connectivity index (χ0) is 17.5. The van der Waals surface area contributed by atoms with E-state index in [9.17, 15) is 14.7 Å². The molecular weight excluding hydrogens is 304 g/mol. The van der Waals surface area contributed by atoms with Crippen LogP contribution in [0.15, 0.2) is 24.3 Å². The van der Waals surface area contributed by atoms with Gasteiger partial charge in [-0.1, -0.05) is 39.3 Å². The van der Waals surface area contributed by atoms with Crippen LogP contribution in [0.3, 0.4) is 0 Å². The molecule has 0 aromatic heterocycles. The van der Waals surface area contributed by atoms with Crippen LogP contribution >= 0.6 is 0 Å². The van der Waals surface area contributed by atoms with E-state index >= 15 is 0 Å². The predicted molar refractivity (Wildman–Crippen MR) is 89.0 cm³/mol. The smallest absolute Gasteiger partial charge is 0.316 e. The number of carbonyl (C=O) groups is 2. The number of allylic oxidation sites excluding steroid dienone is 2. The minimum atomic E-state index is -1.70. The van der Waals surface area contributed by atoms with Crippen molar-refractivity contribution >= 4 is 11.8 Å². The van der Waals surface area contributed by atoms with E-state index in [1.165, 1.54) is 0 Å². The summed E-state index contributed by atoms with van der Waals surface area (Å²) < 4.78 is 5.71. The summed E-state index contributed by atoms with van der Waals surface area (Å²) in [5.74, 6) is -0.637. The average Bonchev–Trinajstić information content (AvgIpc) is 2.50. The first kappa shape index (κ1) is 16.1. The number of aliphatic hydroxyl groups is 1. The lowest BCUT2D eigenvalue weighted by molar-refractivity contribution is -0.243. The van der Waals surface area contributed by atoms with Crippen LogP contribution < -0.4 is 0 Å². The number of ether oxygens (including phenoxy) is 1. The molecule has 0 amide bonds. The first-order valence-corrected chi connectivity index (χ1v) is 8.94. The molecule has 5 unspecified atom stereocenters. The van der Waals surface area contributed by atoms with E-state index < -0.39 is 22.5 Å². The van der Waals surface area contributed by atoms with Crippen LogP contribution in [0.4, 0.5) is 0 Å². The largest absolute Gasteiger partial charge is 0.457 e. The highest BCUT2D eigenvalue weighted by molar-refractivity contribution is 6.02. The summed E-state index contributed by atoms with van der Waals surface area (Å²) >= 11 is 0. The molecule has 0 radical (unpaired) electrons.